The van der Waals surface area contributed by atoms with Gasteiger partial charge in [-0.2, -0.15) is 4.31 Å². The molecule has 1 N–H and O–H groups in total. The molecule has 0 aliphatic carbocycles. The van der Waals surface area contributed by atoms with Gasteiger partial charge in [-0.15, -0.1) is 0 Å². The van der Waals surface area contributed by atoms with E-state index < -0.39 is 10.0 Å². The number of hydrogen-bond acceptors (Lipinski definition) is 3. The molecule has 0 unspecified atom stereocenters. The lowest BCUT2D eigenvalue weighted by Gasteiger charge is -2.32. The molecule has 150 valence electrons. The predicted molar refractivity (Wildman–Crippen MR) is 105 cm³/mol. The fourth-order valence-corrected chi connectivity index (χ4v) is 5.34. The molecule has 0 aromatic heterocycles. The summed E-state index contributed by atoms with van der Waals surface area (Å²) in [4.78, 5) is 16.2. The SMILES string of the molecule is Cc1ccc(S(=O)(=O)N2CC[NH+](CC(=O)N3CCCCCCC3)CC2)cc1. The van der Waals surface area contributed by atoms with Crippen molar-refractivity contribution in [3.8, 4) is 0 Å². The van der Waals surface area contributed by atoms with Crippen molar-refractivity contribution in [2.45, 2.75) is 43.9 Å². The standard InChI is InChI=1S/C20H31N3O3S/c1-18-7-9-19(10-8-18)27(25,26)23-15-13-21(14-16-23)17-20(24)22-11-5-3-2-4-6-12-22/h7-10H,2-6,11-17H2,1H3/p+1. The molecule has 6 nitrogen and oxygen atoms in total. The minimum Gasteiger partial charge on any atom is -0.338 e. The molecule has 0 radical (unpaired) electrons. The van der Waals surface area contributed by atoms with Crippen LogP contribution in [-0.2, 0) is 14.8 Å². The first kappa shape index (κ1) is 20.3. The van der Waals surface area contributed by atoms with Crippen LogP contribution in [-0.4, -0.2) is 69.3 Å². The minimum atomic E-state index is -3.44. The molecule has 2 fully saturated rings. The van der Waals surface area contributed by atoms with Crippen molar-refractivity contribution < 1.29 is 18.1 Å². The third-order valence-electron chi connectivity index (χ3n) is 5.70. The molecule has 1 aromatic rings. The molecular formula is C20H32N3O3S+. The molecule has 0 saturated carbocycles. The summed E-state index contributed by atoms with van der Waals surface area (Å²) in [6.07, 6.45) is 5.91. The van der Waals surface area contributed by atoms with Crippen LogP contribution in [0.2, 0.25) is 0 Å². The van der Waals surface area contributed by atoms with Crippen LogP contribution in [0.5, 0.6) is 0 Å². The normalized spacial score (nSPS) is 20.9. The second kappa shape index (κ2) is 9.17. The molecule has 0 spiro atoms. The van der Waals surface area contributed by atoms with Gasteiger partial charge < -0.3 is 9.80 Å². The maximum absolute atomic E-state index is 12.8. The second-order valence-electron chi connectivity index (χ2n) is 7.79. The quantitative estimate of drug-likeness (QED) is 0.817. The van der Waals surface area contributed by atoms with Gasteiger partial charge in [-0.05, 0) is 31.9 Å². The largest absolute Gasteiger partial charge is 0.338 e. The zero-order chi connectivity index (χ0) is 19.3. The third-order valence-corrected chi connectivity index (χ3v) is 7.61. The number of sulfonamides is 1. The number of rotatable bonds is 4. The maximum atomic E-state index is 12.8. The fraction of sp³-hybridized carbons (Fsp3) is 0.650. The topological polar surface area (TPSA) is 62.1 Å². The summed E-state index contributed by atoms with van der Waals surface area (Å²) in [5.74, 6) is 0.224. The lowest BCUT2D eigenvalue weighted by atomic mass is 10.1. The Hall–Kier alpha value is -1.44. The van der Waals surface area contributed by atoms with E-state index >= 15 is 0 Å². The Kier molecular flexibility index (Phi) is 6.89. The monoisotopic (exact) mass is 394 g/mol. The summed E-state index contributed by atoms with van der Waals surface area (Å²) in [6.45, 7) is 6.49. The number of carbonyl (C=O) groups is 1. The van der Waals surface area contributed by atoms with E-state index in [1.165, 1.54) is 24.2 Å². The molecule has 1 amide bonds. The van der Waals surface area contributed by atoms with E-state index in [0.717, 1.165) is 31.5 Å². The smallest absolute Gasteiger partial charge is 0.277 e. The average molecular weight is 395 g/mol. The van der Waals surface area contributed by atoms with Crippen molar-refractivity contribution in [2.24, 2.45) is 0 Å². The Labute approximate surface area is 163 Å². The van der Waals surface area contributed by atoms with E-state index in [-0.39, 0.29) is 5.91 Å². The van der Waals surface area contributed by atoms with Crippen LogP contribution in [0, 0.1) is 6.92 Å². The number of nitrogens with zero attached hydrogens (tertiary/aromatic N) is 2. The minimum absolute atomic E-state index is 0.224. The first-order valence-corrected chi connectivity index (χ1v) is 11.6. The molecule has 2 aliphatic heterocycles. The maximum Gasteiger partial charge on any atom is 0.277 e. The summed E-state index contributed by atoms with van der Waals surface area (Å²) >= 11 is 0. The highest BCUT2D eigenvalue weighted by Gasteiger charge is 2.31. The molecule has 2 heterocycles. The first-order valence-electron chi connectivity index (χ1n) is 10.1. The molecule has 7 heteroatoms. The summed E-state index contributed by atoms with van der Waals surface area (Å²) < 4.78 is 27.1. The van der Waals surface area contributed by atoms with E-state index in [1.807, 2.05) is 24.0 Å². The van der Waals surface area contributed by atoms with Crippen LogP contribution in [0.4, 0.5) is 0 Å². The van der Waals surface area contributed by atoms with Crippen LogP contribution >= 0.6 is 0 Å². The third kappa shape index (κ3) is 5.30. The van der Waals surface area contributed by atoms with E-state index in [2.05, 4.69) is 0 Å². The van der Waals surface area contributed by atoms with Gasteiger partial charge in [0.1, 0.15) is 0 Å². The van der Waals surface area contributed by atoms with Gasteiger partial charge >= 0.3 is 0 Å². The summed E-state index contributed by atoms with van der Waals surface area (Å²) in [5.41, 5.74) is 1.05. The van der Waals surface area contributed by atoms with Gasteiger partial charge in [0.15, 0.2) is 6.54 Å². The van der Waals surface area contributed by atoms with E-state index in [9.17, 15) is 13.2 Å². The van der Waals surface area contributed by atoms with Crippen LogP contribution in [0.15, 0.2) is 29.2 Å². The lowest BCUT2D eigenvalue weighted by Crippen LogP contribution is -3.15. The highest BCUT2D eigenvalue weighted by molar-refractivity contribution is 7.89. The van der Waals surface area contributed by atoms with Crippen LogP contribution < -0.4 is 4.90 Å². The Morgan fingerprint density at radius 1 is 0.926 bits per heavy atom. The molecule has 27 heavy (non-hydrogen) atoms. The van der Waals surface area contributed by atoms with Crippen LogP contribution in [0.25, 0.3) is 0 Å². The summed E-state index contributed by atoms with van der Waals surface area (Å²) in [6, 6.07) is 7.01. The Bertz CT molecular complexity index is 717. The Balaban J connectivity index is 1.52. The molecule has 1 aromatic carbocycles. The van der Waals surface area contributed by atoms with Crippen LogP contribution in [0.1, 0.15) is 37.7 Å². The lowest BCUT2D eigenvalue weighted by molar-refractivity contribution is -0.896. The number of hydrogen-bond donors (Lipinski definition) is 1. The highest BCUT2D eigenvalue weighted by Crippen LogP contribution is 2.16. The first-order chi connectivity index (χ1) is 13.0. The second-order valence-corrected chi connectivity index (χ2v) is 9.73. The van der Waals surface area contributed by atoms with Crippen molar-refractivity contribution in [3.63, 3.8) is 0 Å². The number of benzene rings is 1. The highest BCUT2D eigenvalue weighted by atomic mass is 32.2. The number of amides is 1. The molecule has 2 saturated heterocycles. The Morgan fingerprint density at radius 3 is 2.07 bits per heavy atom. The van der Waals surface area contributed by atoms with Crippen molar-refractivity contribution in [1.82, 2.24) is 9.21 Å². The van der Waals surface area contributed by atoms with E-state index in [4.69, 9.17) is 0 Å². The van der Waals surface area contributed by atoms with Crippen molar-refractivity contribution >= 4 is 15.9 Å². The van der Waals surface area contributed by atoms with Gasteiger partial charge in [0.2, 0.25) is 10.0 Å². The molecule has 0 atom stereocenters. The van der Waals surface area contributed by atoms with Gasteiger partial charge in [0.25, 0.3) is 5.91 Å². The van der Waals surface area contributed by atoms with Crippen molar-refractivity contribution in [2.75, 3.05) is 45.8 Å². The molecule has 0 bridgehead atoms. The molecule has 3 rings (SSSR count). The van der Waals surface area contributed by atoms with E-state index in [1.54, 1.807) is 16.4 Å². The fourth-order valence-electron chi connectivity index (χ4n) is 3.90. The molecular weight excluding hydrogens is 362 g/mol. The number of aryl methyl sites for hydroxylation is 1. The van der Waals surface area contributed by atoms with Gasteiger partial charge in [-0.1, -0.05) is 37.0 Å². The number of carbonyl (C=O) groups excluding carboxylic acids is 1. The summed E-state index contributed by atoms with van der Waals surface area (Å²) in [5, 5.41) is 0. The van der Waals surface area contributed by atoms with Gasteiger partial charge in [0, 0.05) is 13.1 Å². The van der Waals surface area contributed by atoms with Crippen molar-refractivity contribution in [3.05, 3.63) is 29.8 Å². The van der Waals surface area contributed by atoms with Gasteiger partial charge in [-0.3, -0.25) is 4.79 Å². The summed E-state index contributed by atoms with van der Waals surface area (Å²) in [7, 11) is -3.44. The number of piperazine rings is 1. The van der Waals surface area contributed by atoms with E-state index in [0.29, 0.717) is 37.6 Å². The van der Waals surface area contributed by atoms with Gasteiger partial charge in [0.05, 0.1) is 31.1 Å². The Morgan fingerprint density at radius 2 is 1.48 bits per heavy atom. The predicted octanol–water partition coefficient (Wildman–Crippen LogP) is 0.677. The van der Waals surface area contributed by atoms with Crippen LogP contribution in [0.3, 0.4) is 0 Å². The number of nitrogens with one attached hydrogen (secondary N) is 1. The van der Waals surface area contributed by atoms with Crippen molar-refractivity contribution in [1.29, 1.82) is 0 Å². The zero-order valence-electron chi connectivity index (χ0n) is 16.3. The van der Waals surface area contributed by atoms with Gasteiger partial charge in [-0.25, -0.2) is 8.42 Å². The average Bonchev–Trinajstić information content (AvgIpc) is 2.62. The zero-order valence-corrected chi connectivity index (χ0v) is 17.1. The number of quaternary nitrogens is 1. The molecule has 2 aliphatic rings. The number of likely N-dealkylation sites (tertiary alicyclic amines) is 1.